The average Bonchev–Trinajstić information content (AvgIpc) is 3.15. The number of ether oxygens (including phenoxy) is 1. The molecular formula is C29H20FNO4. The molecule has 0 saturated carbocycles. The number of ketones is 1. The van der Waals surface area contributed by atoms with Crippen LogP contribution < -0.4 is 9.64 Å². The Morgan fingerprint density at radius 1 is 0.771 bits per heavy atom. The van der Waals surface area contributed by atoms with Crippen molar-refractivity contribution >= 4 is 23.1 Å². The van der Waals surface area contributed by atoms with Gasteiger partial charge in [0.05, 0.1) is 11.6 Å². The van der Waals surface area contributed by atoms with E-state index < -0.39 is 23.5 Å². The summed E-state index contributed by atoms with van der Waals surface area (Å²) in [6, 6.07) is 29.1. The van der Waals surface area contributed by atoms with Gasteiger partial charge in [-0.25, -0.2) is 4.39 Å². The number of halogens is 1. The number of aliphatic hydroxyl groups is 1. The summed E-state index contributed by atoms with van der Waals surface area (Å²) in [7, 11) is 0. The monoisotopic (exact) mass is 465 g/mol. The van der Waals surface area contributed by atoms with Gasteiger partial charge in [-0.3, -0.25) is 14.5 Å². The molecule has 1 fully saturated rings. The van der Waals surface area contributed by atoms with E-state index in [1.54, 1.807) is 72.8 Å². The lowest BCUT2D eigenvalue weighted by Gasteiger charge is -2.25. The second kappa shape index (κ2) is 9.27. The minimum Gasteiger partial charge on any atom is -0.507 e. The first-order valence-electron chi connectivity index (χ1n) is 11.0. The molecule has 5 rings (SSSR count). The van der Waals surface area contributed by atoms with Crippen LogP contribution in [0.15, 0.2) is 115 Å². The van der Waals surface area contributed by atoms with E-state index in [0.29, 0.717) is 22.6 Å². The molecule has 6 heteroatoms. The normalized spacial score (nSPS) is 16.9. The molecule has 0 spiro atoms. The number of anilines is 1. The average molecular weight is 465 g/mol. The Bertz CT molecular complexity index is 1430. The van der Waals surface area contributed by atoms with E-state index in [1.165, 1.54) is 23.1 Å². The molecule has 35 heavy (non-hydrogen) atoms. The first kappa shape index (κ1) is 22.1. The highest BCUT2D eigenvalue weighted by atomic mass is 19.1. The smallest absolute Gasteiger partial charge is 0.300 e. The van der Waals surface area contributed by atoms with Crippen molar-refractivity contribution in [2.75, 3.05) is 4.90 Å². The SMILES string of the molecule is O=C1C(=O)N(c2cccc(F)c2)C(c2cccc(Oc3ccccc3)c2)/C1=C(\O)c1ccccc1. The van der Waals surface area contributed by atoms with Gasteiger partial charge in [0.2, 0.25) is 0 Å². The largest absolute Gasteiger partial charge is 0.507 e. The zero-order chi connectivity index (χ0) is 24.4. The molecule has 1 unspecified atom stereocenters. The fourth-order valence-electron chi connectivity index (χ4n) is 4.16. The molecule has 1 N–H and O–H groups in total. The van der Waals surface area contributed by atoms with Crippen LogP contribution in [0.4, 0.5) is 10.1 Å². The number of carbonyl (C=O) groups excluding carboxylic acids is 2. The standard InChI is InChI=1S/C29H20FNO4/c30-21-12-8-13-22(18-21)31-26(20-11-7-16-24(17-20)35-23-14-5-2-6-15-23)25(28(33)29(31)34)27(32)19-9-3-1-4-10-19/h1-18,26,32H/b27-25+. The van der Waals surface area contributed by atoms with Crippen LogP contribution in [0.25, 0.3) is 5.76 Å². The van der Waals surface area contributed by atoms with Crippen molar-refractivity contribution < 1.29 is 23.8 Å². The number of para-hydroxylation sites is 1. The molecule has 0 aromatic heterocycles. The summed E-state index contributed by atoms with van der Waals surface area (Å²) in [6.45, 7) is 0. The van der Waals surface area contributed by atoms with Gasteiger partial charge in [0, 0.05) is 11.3 Å². The third-order valence-electron chi connectivity index (χ3n) is 5.73. The molecule has 1 atom stereocenters. The van der Waals surface area contributed by atoms with E-state index in [4.69, 9.17) is 4.74 Å². The van der Waals surface area contributed by atoms with Crippen molar-refractivity contribution in [1.29, 1.82) is 0 Å². The predicted octanol–water partition coefficient (Wildman–Crippen LogP) is 6.24. The van der Waals surface area contributed by atoms with E-state index in [1.807, 2.05) is 18.2 Å². The van der Waals surface area contributed by atoms with Gasteiger partial charge in [0.1, 0.15) is 23.1 Å². The Labute approximate surface area is 201 Å². The zero-order valence-electron chi connectivity index (χ0n) is 18.5. The summed E-state index contributed by atoms with van der Waals surface area (Å²) in [5.74, 6) is -1.46. The van der Waals surface area contributed by atoms with Crippen molar-refractivity contribution in [1.82, 2.24) is 0 Å². The van der Waals surface area contributed by atoms with Gasteiger partial charge < -0.3 is 9.84 Å². The van der Waals surface area contributed by atoms with Gasteiger partial charge in [0.15, 0.2) is 0 Å². The van der Waals surface area contributed by atoms with Crippen LogP contribution in [0.5, 0.6) is 11.5 Å². The summed E-state index contributed by atoms with van der Waals surface area (Å²) in [6.07, 6.45) is 0. The van der Waals surface area contributed by atoms with Gasteiger partial charge in [-0.15, -0.1) is 0 Å². The van der Waals surface area contributed by atoms with Crippen LogP contribution in [0.1, 0.15) is 17.2 Å². The molecule has 1 heterocycles. The van der Waals surface area contributed by atoms with Gasteiger partial charge in [-0.1, -0.05) is 66.7 Å². The van der Waals surface area contributed by atoms with Crippen molar-refractivity contribution in [2.24, 2.45) is 0 Å². The number of Topliss-reactive ketones (excluding diaryl/α,β-unsaturated/α-hetero) is 1. The Hall–Kier alpha value is -4.71. The van der Waals surface area contributed by atoms with E-state index in [-0.39, 0.29) is 17.0 Å². The Morgan fingerprint density at radius 3 is 2.14 bits per heavy atom. The number of hydrogen-bond acceptors (Lipinski definition) is 4. The van der Waals surface area contributed by atoms with Crippen molar-refractivity contribution in [2.45, 2.75) is 6.04 Å². The predicted molar refractivity (Wildman–Crippen MR) is 131 cm³/mol. The van der Waals surface area contributed by atoms with Crippen LogP contribution >= 0.6 is 0 Å². The lowest BCUT2D eigenvalue weighted by atomic mass is 9.95. The Balaban J connectivity index is 1.67. The second-order valence-corrected chi connectivity index (χ2v) is 8.00. The number of carbonyl (C=O) groups is 2. The number of hydrogen-bond donors (Lipinski definition) is 1. The van der Waals surface area contributed by atoms with E-state index >= 15 is 0 Å². The summed E-state index contributed by atoms with van der Waals surface area (Å²) in [5, 5.41) is 11.1. The number of rotatable bonds is 5. The quantitative estimate of drug-likeness (QED) is 0.215. The fourth-order valence-corrected chi connectivity index (χ4v) is 4.16. The van der Waals surface area contributed by atoms with E-state index in [9.17, 15) is 19.1 Å². The highest BCUT2D eigenvalue weighted by Gasteiger charge is 2.47. The van der Waals surface area contributed by atoms with Gasteiger partial charge in [0.25, 0.3) is 11.7 Å². The maximum Gasteiger partial charge on any atom is 0.300 e. The van der Waals surface area contributed by atoms with Crippen molar-refractivity contribution in [3.05, 3.63) is 132 Å². The van der Waals surface area contributed by atoms with Gasteiger partial charge in [-0.2, -0.15) is 0 Å². The van der Waals surface area contributed by atoms with Gasteiger partial charge >= 0.3 is 0 Å². The molecular weight excluding hydrogens is 445 g/mol. The molecule has 0 radical (unpaired) electrons. The van der Waals surface area contributed by atoms with Crippen LogP contribution in [-0.2, 0) is 9.59 Å². The first-order chi connectivity index (χ1) is 17.0. The minimum absolute atomic E-state index is 0.0812. The summed E-state index contributed by atoms with van der Waals surface area (Å²) in [5.41, 5.74) is 1.05. The zero-order valence-corrected chi connectivity index (χ0v) is 18.5. The van der Waals surface area contributed by atoms with Gasteiger partial charge in [-0.05, 0) is 48.0 Å². The molecule has 5 nitrogen and oxygen atoms in total. The maximum atomic E-state index is 14.1. The maximum absolute atomic E-state index is 14.1. The number of benzene rings is 4. The lowest BCUT2D eigenvalue weighted by Crippen LogP contribution is -2.29. The van der Waals surface area contributed by atoms with Crippen molar-refractivity contribution in [3.63, 3.8) is 0 Å². The Kier molecular flexibility index (Phi) is 5.85. The number of aliphatic hydroxyl groups excluding tert-OH is 1. The summed E-state index contributed by atoms with van der Waals surface area (Å²) < 4.78 is 20.0. The minimum atomic E-state index is -0.990. The van der Waals surface area contributed by atoms with E-state index in [0.717, 1.165) is 0 Å². The molecule has 1 aliphatic heterocycles. The van der Waals surface area contributed by atoms with Crippen LogP contribution in [0, 0.1) is 5.82 Å². The number of amides is 1. The third kappa shape index (κ3) is 4.29. The highest BCUT2D eigenvalue weighted by molar-refractivity contribution is 6.51. The van der Waals surface area contributed by atoms with Crippen LogP contribution in [0.3, 0.4) is 0 Å². The molecule has 1 amide bonds. The molecule has 4 aromatic carbocycles. The molecule has 0 bridgehead atoms. The van der Waals surface area contributed by atoms with Crippen LogP contribution in [-0.4, -0.2) is 16.8 Å². The molecule has 4 aromatic rings. The molecule has 0 aliphatic carbocycles. The summed E-state index contributed by atoms with van der Waals surface area (Å²) in [4.78, 5) is 27.6. The highest BCUT2D eigenvalue weighted by Crippen LogP contribution is 2.43. The third-order valence-corrected chi connectivity index (χ3v) is 5.73. The van der Waals surface area contributed by atoms with Crippen LogP contribution in [0.2, 0.25) is 0 Å². The topological polar surface area (TPSA) is 66.8 Å². The molecule has 1 aliphatic rings. The second-order valence-electron chi connectivity index (χ2n) is 8.00. The lowest BCUT2D eigenvalue weighted by molar-refractivity contribution is -0.132. The molecule has 172 valence electrons. The first-order valence-corrected chi connectivity index (χ1v) is 11.0. The van der Waals surface area contributed by atoms with E-state index in [2.05, 4.69) is 0 Å². The Morgan fingerprint density at radius 2 is 1.43 bits per heavy atom. The fraction of sp³-hybridized carbons (Fsp3) is 0.0345. The number of nitrogens with zero attached hydrogens (tertiary/aromatic N) is 1. The molecule has 1 saturated heterocycles. The van der Waals surface area contributed by atoms with Crippen molar-refractivity contribution in [3.8, 4) is 11.5 Å². The summed E-state index contributed by atoms with van der Waals surface area (Å²) >= 11 is 0.